The molecule has 1 aliphatic rings. The van der Waals surface area contributed by atoms with Crippen molar-refractivity contribution in [2.24, 2.45) is 0 Å². The Morgan fingerprint density at radius 3 is 3.04 bits per heavy atom. The number of hydrogen-bond acceptors (Lipinski definition) is 5. The predicted octanol–water partition coefficient (Wildman–Crippen LogP) is 2.39. The van der Waals surface area contributed by atoms with Crippen molar-refractivity contribution in [2.75, 3.05) is 25.1 Å². The number of aromatic nitrogens is 1. The molecule has 1 aliphatic heterocycles. The van der Waals surface area contributed by atoms with Crippen molar-refractivity contribution in [1.82, 2.24) is 10.3 Å². The number of nitrogens with zero attached hydrogens (tertiary/aromatic N) is 1. The highest BCUT2D eigenvalue weighted by atomic mass is 35.5. The average Bonchev–Trinajstić information content (AvgIpc) is 3.04. The zero-order valence-corrected chi connectivity index (χ0v) is 13.7. The molecule has 1 saturated heterocycles. The summed E-state index contributed by atoms with van der Waals surface area (Å²) in [6.45, 7) is 4.05. The second kappa shape index (κ2) is 8.10. The van der Waals surface area contributed by atoms with Gasteiger partial charge in [0.2, 0.25) is 11.8 Å². The number of hydrogen-bond donors (Lipinski definition) is 2. The lowest BCUT2D eigenvalue weighted by Crippen LogP contribution is -2.43. The van der Waals surface area contributed by atoms with Crippen LogP contribution in [0.15, 0.2) is 35.1 Å². The van der Waals surface area contributed by atoms with Crippen LogP contribution >= 0.6 is 12.4 Å². The normalized spacial score (nSPS) is 17.3. The maximum Gasteiger partial charge on any atom is 0.226 e. The van der Waals surface area contributed by atoms with Gasteiger partial charge in [0, 0.05) is 30.3 Å². The van der Waals surface area contributed by atoms with Gasteiger partial charge in [-0.3, -0.25) is 4.79 Å². The molecule has 0 aliphatic carbocycles. The lowest BCUT2D eigenvalue weighted by atomic mass is 10.1. The Bertz CT molecular complexity index is 640. The molecule has 23 heavy (non-hydrogen) atoms. The van der Waals surface area contributed by atoms with E-state index in [0.717, 1.165) is 23.4 Å². The molecular weight excluding hydrogens is 318 g/mol. The van der Waals surface area contributed by atoms with E-state index in [1.807, 2.05) is 25.1 Å². The Morgan fingerprint density at radius 1 is 1.48 bits per heavy atom. The number of anilines is 1. The fraction of sp³-hybridized carbons (Fsp3) is 0.375. The Morgan fingerprint density at radius 2 is 2.35 bits per heavy atom. The first-order valence-corrected chi connectivity index (χ1v) is 7.34. The highest BCUT2D eigenvalue weighted by molar-refractivity contribution is 5.91. The average molecular weight is 338 g/mol. The number of benzene rings is 1. The van der Waals surface area contributed by atoms with E-state index in [1.165, 1.54) is 6.26 Å². The molecule has 1 aromatic carbocycles. The van der Waals surface area contributed by atoms with Crippen LogP contribution in [0.5, 0.6) is 0 Å². The highest BCUT2D eigenvalue weighted by Gasteiger charge is 2.17. The second-order valence-corrected chi connectivity index (χ2v) is 5.35. The SMILES string of the molecule is Cc1ccc(NC(=O)CC2COCCN2)cc1-c1ncco1.Cl. The van der Waals surface area contributed by atoms with E-state index >= 15 is 0 Å². The van der Waals surface area contributed by atoms with Crippen LogP contribution in [0.3, 0.4) is 0 Å². The number of amides is 1. The number of oxazole rings is 1. The van der Waals surface area contributed by atoms with Crippen molar-refractivity contribution in [3.05, 3.63) is 36.2 Å². The second-order valence-electron chi connectivity index (χ2n) is 5.35. The zero-order valence-electron chi connectivity index (χ0n) is 12.9. The maximum atomic E-state index is 12.1. The number of carbonyl (C=O) groups is 1. The third kappa shape index (κ3) is 4.54. The van der Waals surface area contributed by atoms with Crippen molar-refractivity contribution < 1.29 is 13.9 Å². The van der Waals surface area contributed by atoms with Crippen LogP contribution in [0.2, 0.25) is 0 Å². The van der Waals surface area contributed by atoms with Gasteiger partial charge in [-0.2, -0.15) is 0 Å². The molecule has 0 bridgehead atoms. The molecule has 7 heteroatoms. The number of nitrogens with one attached hydrogen (secondary N) is 2. The van der Waals surface area contributed by atoms with Crippen LogP contribution in [0.25, 0.3) is 11.5 Å². The van der Waals surface area contributed by atoms with Gasteiger partial charge in [-0.05, 0) is 24.6 Å². The van der Waals surface area contributed by atoms with E-state index in [4.69, 9.17) is 9.15 Å². The number of halogens is 1. The summed E-state index contributed by atoms with van der Waals surface area (Å²) >= 11 is 0. The molecular formula is C16H20ClN3O3. The summed E-state index contributed by atoms with van der Waals surface area (Å²) in [6.07, 6.45) is 3.53. The molecule has 0 radical (unpaired) electrons. The van der Waals surface area contributed by atoms with Crippen molar-refractivity contribution >= 4 is 24.0 Å². The number of ether oxygens (including phenoxy) is 1. The minimum atomic E-state index is -0.0368. The van der Waals surface area contributed by atoms with Crippen LogP contribution in [-0.4, -0.2) is 36.7 Å². The molecule has 124 valence electrons. The predicted molar refractivity (Wildman–Crippen MR) is 89.8 cm³/mol. The standard InChI is InChI=1S/C16H19N3O3.ClH/c1-11-2-3-12(8-14(11)16-18-5-7-22-16)19-15(20)9-13-10-21-6-4-17-13;/h2-3,5,7-8,13,17H,4,6,9-10H2,1H3,(H,19,20);1H. The van der Waals surface area contributed by atoms with Crippen molar-refractivity contribution in [2.45, 2.75) is 19.4 Å². The van der Waals surface area contributed by atoms with E-state index in [0.29, 0.717) is 25.5 Å². The van der Waals surface area contributed by atoms with E-state index in [9.17, 15) is 4.79 Å². The minimum Gasteiger partial charge on any atom is -0.445 e. The molecule has 0 saturated carbocycles. The molecule has 2 aromatic rings. The molecule has 1 fully saturated rings. The summed E-state index contributed by atoms with van der Waals surface area (Å²) in [4.78, 5) is 16.3. The summed E-state index contributed by atoms with van der Waals surface area (Å²) in [5, 5.41) is 6.18. The lowest BCUT2D eigenvalue weighted by Gasteiger charge is -2.23. The summed E-state index contributed by atoms with van der Waals surface area (Å²) in [5.41, 5.74) is 2.66. The molecule has 1 aromatic heterocycles. The van der Waals surface area contributed by atoms with Crippen molar-refractivity contribution in [1.29, 1.82) is 0 Å². The van der Waals surface area contributed by atoms with Gasteiger partial charge in [0.15, 0.2) is 0 Å². The van der Waals surface area contributed by atoms with Crippen LogP contribution in [0.4, 0.5) is 5.69 Å². The van der Waals surface area contributed by atoms with E-state index in [1.54, 1.807) is 6.20 Å². The summed E-state index contributed by atoms with van der Waals surface area (Å²) in [6, 6.07) is 5.77. The first kappa shape index (κ1) is 17.5. The molecule has 6 nitrogen and oxygen atoms in total. The topological polar surface area (TPSA) is 76.4 Å². The molecule has 0 spiro atoms. The van der Waals surface area contributed by atoms with Crippen molar-refractivity contribution in [3.8, 4) is 11.5 Å². The third-order valence-electron chi connectivity index (χ3n) is 3.61. The summed E-state index contributed by atoms with van der Waals surface area (Å²) in [5.74, 6) is 0.515. The molecule has 1 atom stereocenters. The molecule has 1 amide bonds. The smallest absolute Gasteiger partial charge is 0.226 e. The Balaban J connectivity index is 0.00000192. The molecule has 2 N–H and O–H groups in total. The fourth-order valence-corrected chi connectivity index (χ4v) is 2.47. The summed E-state index contributed by atoms with van der Waals surface area (Å²) < 4.78 is 10.7. The minimum absolute atomic E-state index is 0. The number of rotatable bonds is 4. The monoisotopic (exact) mass is 337 g/mol. The Hall–Kier alpha value is -1.89. The van der Waals surface area contributed by atoms with Gasteiger partial charge < -0.3 is 19.8 Å². The first-order valence-electron chi connectivity index (χ1n) is 7.34. The largest absolute Gasteiger partial charge is 0.445 e. The van der Waals surface area contributed by atoms with Gasteiger partial charge in [-0.1, -0.05) is 6.07 Å². The number of morpholine rings is 1. The molecule has 3 rings (SSSR count). The van der Waals surface area contributed by atoms with Gasteiger partial charge in [-0.15, -0.1) is 12.4 Å². The quantitative estimate of drug-likeness (QED) is 0.895. The number of carbonyl (C=O) groups excluding carboxylic acids is 1. The van der Waals surface area contributed by atoms with Gasteiger partial charge in [0.1, 0.15) is 6.26 Å². The van der Waals surface area contributed by atoms with Crippen molar-refractivity contribution in [3.63, 3.8) is 0 Å². The zero-order chi connectivity index (χ0) is 15.4. The van der Waals surface area contributed by atoms with Gasteiger partial charge >= 0.3 is 0 Å². The maximum absolute atomic E-state index is 12.1. The molecule has 2 heterocycles. The Kier molecular flexibility index (Phi) is 6.15. The third-order valence-corrected chi connectivity index (χ3v) is 3.61. The summed E-state index contributed by atoms with van der Waals surface area (Å²) in [7, 11) is 0. The number of aryl methyl sites for hydroxylation is 1. The van der Waals surface area contributed by atoms with Crippen LogP contribution in [0.1, 0.15) is 12.0 Å². The highest BCUT2D eigenvalue weighted by Crippen LogP contribution is 2.25. The van der Waals surface area contributed by atoms with Gasteiger partial charge in [0.05, 0.1) is 19.4 Å². The lowest BCUT2D eigenvalue weighted by molar-refractivity contribution is -0.117. The van der Waals surface area contributed by atoms with Gasteiger partial charge in [-0.25, -0.2) is 4.98 Å². The van der Waals surface area contributed by atoms with E-state index < -0.39 is 0 Å². The first-order chi connectivity index (χ1) is 10.7. The van der Waals surface area contributed by atoms with Gasteiger partial charge in [0.25, 0.3) is 0 Å². The Labute approximate surface area is 141 Å². The molecule has 1 unspecified atom stereocenters. The fourth-order valence-electron chi connectivity index (χ4n) is 2.47. The van der Waals surface area contributed by atoms with E-state index in [2.05, 4.69) is 15.6 Å². The van der Waals surface area contributed by atoms with E-state index in [-0.39, 0.29) is 24.4 Å². The van der Waals surface area contributed by atoms with Crippen LogP contribution < -0.4 is 10.6 Å². The van der Waals surface area contributed by atoms with Crippen LogP contribution in [-0.2, 0) is 9.53 Å². The van der Waals surface area contributed by atoms with Crippen LogP contribution in [0, 0.1) is 6.92 Å².